The van der Waals surface area contributed by atoms with E-state index in [0.29, 0.717) is 27.4 Å². The second-order valence-corrected chi connectivity index (χ2v) is 6.86. The molecule has 27 heavy (non-hydrogen) atoms. The Bertz CT molecular complexity index is 1080. The van der Waals surface area contributed by atoms with Crippen LogP contribution in [-0.2, 0) is 4.74 Å². The van der Waals surface area contributed by atoms with Crippen molar-refractivity contribution in [2.75, 3.05) is 7.11 Å². The number of rotatable bonds is 4. The van der Waals surface area contributed by atoms with E-state index in [4.69, 9.17) is 16.3 Å². The third-order valence-corrected chi connectivity index (χ3v) is 4.54. The molecule has 3 aromatic rings. The van der Waals surface area contributed by atoms with Gasteiger partial charge in [0.05, 0.1) is 28.6 Å². The van der Waals surface area contributed by atoms with Gasteiger partial charge < -0.3 is 9.72 Å². The van der Waals surface area contributed by atoms with Crippen LogP contribution in [0.2, 0.25) is 0 Å². The Labute approximate surface area is 161 Å². The van der Waals surface area contributed by atoms with Crippen LogP contribution in [0.1, 0.15) is 47.1 Å². The number of carbonyl (C=O) groups excluding carboxylic acids is 1. The molecule has 0 aliphatic heterocycles. The highest BCUT2D eigenvalue weighted by Crippen LogP contribution is 2.22. The number of H-pyrrole nitrogens is 1. The monoisotopic (exact) mass is 382 g/mol. The van der Waals surface area contributed by atoms with Crippen LogP contribution in [0, 0.1) is 0 Å². The van der Waals surface area contributed by atoms with E-state index in [2.05, 4.69) is 23.8 Å². The SMILES string of the molecule is COC(=O)c1ccc2c(=O)[nH]c(C(Cl)=Cc3ccc(C(C)C)cc3)nc2c1. The predicted molar refractivity (Wildman–Crippen MR) is 108 cm³/mol. The van der Waals surface area contributed by atoms with Gasteiger partial charge in [0.1, 0.15) is 0 Å². The first-order valence-corrected chi connectivity index (χ1v) is 8.86. The molecule has 2 aromatic carbocycles. The number of benzene rings is 2. The number of hydrogen-bond donors (Lipinski definition) is 1. The quantitative estimate of drug-likeness (QED) is 0.671. The van der Waals surface area contributed by atoms with Crippen molar-refractivity contribution in [2.24, 2.45) is 0 Å². The van der Waals surface area contributed by atoms with Gasteiger partial charge in [0.25, 0.3) is 5.56 Å². The molecule has 1 N–H and O–H groups in total. The van der Waals surface area contributed by atoms with Crippen LogP contribution < -0.4 is 5.56 Å². The molecule has 0 aliphatic carbocycles. The fraction of sp³-hybridized carbons (Fsp3) is 0.190. The molecule has 138 valence electrons. The van der Waals surface area contributed by atoms with Crippen molar-refractivity contribution < 1.29 is 9.53 Å². The Morgan fingerprint density at radius 1 is 1.19 bits per heavy atom. The van der Waals surface area contributed by atoms with Gasteiger partial charge in [-0.15, -0.1) is 0 Å². The first-order valence-electron chi connectivity index (χ1n) is 8.49. The lowest BCUT2D eigenvalue weighted by Gasteiger charge is -2.06. The summed E-state index contributed by atoms with van der Waals surface area (Å²) in [6.45, 7) is 4.26. The third-order valence-electron chi connectivity index (χ3n) is 4.25. The van der Waals surface area contributed by atoms with Gasteiger partial charge in [-0.25, -0.2) is 9.78 Å². The summed E-state index contributed by atoms with van der Waals surface area (Å²) in [4.78, 5) is 31.1. The molecule has 0 saturated heterocycles. The Morgan fingerprint density at radius 3 is 2.52 bits per heavy atom. The van der Waals surface area contributed by atoms with Gasteiger partial charge in [-0.3, -0.25) is 4.79 Å². The minimum Gasteiger partial charge on any atom is -0.465 e. The van der Waals surface area contributed by atoms with E-state index >= 15 is 0 Å². The van der Waals surface area contributed by atoms with E-state index in [1.165, 1.54) is 24.8 Å². The maximum atomic E-state index is 12.3. The average molecular weight is 383 g/mol. The van der Waals surface area contributed by atoms with Crippen LogP contribution in [0.15, 0.2) is 47.3 Å². The Kier molecular flexibility index (Phi) is 5.42. The number of nitrogens with one attached hydrogen (secondary N) is 1. The zero-order chi connectivity index (χ0) is 19.6. The number of esters is 1. The fourth-order valence-corrected chi connectivity index (χ4v) is 2.90. The van der Waals surface area contributed by atoms with Crippen molar-refractivity contribution in [2.45, 2.75) is 19.8 Å². The highest BCUT2D eigenvalue weighted by atomic mass is 35.5. The lowest BCUT2D eigenvalue weighted by molar-refractivity contribution is 0.0601. The van der Waals surface area contributed by atoms with Crippen LogP contribution in [0.25, 0.3) is 22.0 Å². The number of nitrogens with zero attached hydrogens (tertiary/aromatic N) is 1. The molecule has 0 atom stereocenters. The molecule has 0 aliphatic rings. The molecule has 0 unspecified atom stereocenters. The molecule has 0 saturated carbocycles. The summed E-state index contributed by atoms with van der Waals surface area (Å²) in [7, 11) is 1.30. The number of carbonyl (C=O) groups is 1. The van der Waals surface area contributed by atoms with Gasteiger partial charge in [0.15, 0.2) is 5.82 Å². The topological polar surface area (TPSA) is 72.1 Å². The lowest BCUT2D eigenvalue weighted by Crippen LogP contribution is -2.11. The average Bonchev–Trinajstić information content (AvgIpc) is 2.67. The second-order valence-electron chi connectivity index (χ2n) is 6.45. The van der Waals surface area contributed by atoms with E-state index in [-0.39, 0.29) is 11.4 Å². The summed E-state index contributed by atoms with van der Waals surface area (Å²) in [6, 6.07) is 12.6. The molecule has 0 fully saturated rings. The summed E-state index contributed by atoms with van der Waals surface area (Å²) < 4.78 is 4.71. The maximum Gasteiger partial charge on any atom is 0.337 e. The number of methoxy groups -OCH3 is 1. The number of fused-ring (bicyclic) bond motifs is 1. The van der Waals surface area contributed by atoms with E-state index in [1.807, 2.05) is 24.3 Å². The molecular formula is C21H19ClN2O3. The Morgan fingerprint density at radius 2 is 1.89 bits per heavy atom. The van der Waals surface area contributed by atoms with E-state index in [0.717, 1.165) is 5.56 Å². The van der Waals surface area contributed by atoms with Gasteiger partial charge >= 0.3 is 5.97 Å². The first-order chi connectivity index (χ1) is 12.9. The van der Waals surface area contributed by atoms with Gasteiger partial charge in [0.2, 0.25) is 0 Å². The lowest BCUT2D eigenvalue weighted by atomic mass is 10.0. The molecule has 3 rings (SSSR count). The van der Waals surface area contributed by atoms with Crippen LogP contribution in [-0.4, -0.2) is 23.0 Å². The van der Waals surface area contributed by atoms with Gasteiger partial charge in [-0.1, -0.05) is 49.7 Å². The number of ether oxygens (including phenoxy) is 1. The van der Waals surface area contributed by atoms with Crippen molar-refractivity contribution >= 4 is 39.6 Å². The van der Waals surface area contributed by atoms with Crippen molar-refractivity contribution in [3.8, 4) is 0 Å². The zero-order valence-corrected chi connectivity index (χ0v) is 16.0. The largest absolute Gasteiger partial charge is 0.465 e. The maximum absolute atomic E-state index is 12.3. The normalized spacial score (nSPS) is 11.8. The molecule has 1 aromatic heterocycles. The van der Waals surface area contributed by atoms with Gasteiger partial charge in [-0.05, 0) is 41.3 Å². The third kappa shape index (κ3) is 4.09. The van der Waals surface area contributed by atoms with E-state index in [9.17, 15) is 9.59 Å². The summed E-state index contributed by atoms with van der Waals surface area (Å²) in [5.74, 6) is 0.192. The van der Waals surface area contributed by atoms with Crippen molar-refractivity contribution in [3.05, 3.63) is 75.3 Å². The van der Waals surface area contributed by atoms with Crippen LogP contribution in [0.4, 0.5) is 0 Å². The highest BCUT2D eigenvalue weighted by Gasteiger charge is 2.11. The fourth-order valence-electron chi connectivity index (χ4n) is 2.69. The molecule has 0 radical (unpaired) electrons. The van der Waals surface area contributed by atoms with Crippen LogP contribution in [0.5, 0.6) is 0 Å². The number of halogens is 1. The summed E-state index contributed by atoms with van der Waals surface area (Å²) in [5.41, 5.74) is 2.50. The van der Waals surface area contributed by atoms with Gasteiger partial charge in [0, 0.05) is 0 Å². The van der Waals surface area contributed by atoms with Crippen LogP contribution in [0.3, 0.4) is 0 Å². The van der Waals surface area contributed by atoms with Gasteiger partial charge in [-0.2, -0.15) is 0 Å². The van der Waals surface area contributed by atoms with Crippen molar-refractivity contribution in [1.82, 2.24) is 9.97 Å². The molecule has 0 amide bonds. The molecule has 0 bridgehead atoms. The number of hydrogen-bond acceptors (Lipinski definition) is 4. The standard InChI is InChI=1S/C21H19ClN2O3/c1-12(2)14-6-4-13(5-7-14)10-17(22)19-23-18-11-15(21(26)27-3)8-9-16(18)20(25)24-19/h4-12H,1-3H3,(H,23,24,25). The minimum atomic E-state index is -0.493. The van der Waals surface area contributed by atoms with E-state index in [1.54, 1.807) is 12.1 Å². The Hall–Kier alpha value is -2.92. The summed E-state index contributed by atoms with van der Waals surface area (Å²) >= 11 is 6.38. The van der Waals surface area contributed by atoms with Crippen molar-refractivity contribution in [3.63, 3.8) is 0 Å². The predicted octanol–water partition coefficient (Wildman–Crippen LogP) is 4.57. The number of aromatic nitrogens is 2. The summed E-state index contributed by atoms with van der Waals surface area (Å²) in [6.07, 6.45) is 1.74. The first kappa shape index (κ1) is 18.9. The van der Waals surface area contributed by atoms with Crippen molar-refractivity contribution in [1.29, 1.82) is 0 Å². The number of aromatic amines is 1. The smallest absolute Gasteiger partial charge is 0.337 e. The summed E-state index contributed by atoms with van der Waals surface area (Å²) in [5, 5.41) is 0.673. The zero-order valence-electron chi connectivity index (χ0n) is 15.2. The van der Waals surface area contributed by atoms with Crippen LogP contribution >= 0.6 is 11.6 Å². The molecule has 6 heteroatoms. The Balaban J connectivity index is 2.01. The second kappa shape index (κ2) is 7.76. The molecule has 0 spiro atoms. The molecular weight excluding hydrogens is 364 g/mol. The highest BCUT2D eigenvalue weighted by molar-refractivity contribution is 6.50. The van der Waals surface area contributed by atoms with E-state index < -0.39 is 5.97 Å². The minimum absolute atomic E-state index is 0.240. The molecule has 1 heterocycles. The molecule has 5 nitrogen and oxygen atoms in total.